The van der Waals surface area contributed by atoms with Crippen LogP contribution in [0.25, 0.3) is 0 Å². The van der Waals surface area contributed by atoms with E-state index in [0.29, 0.717) is 12.5 Å². The van der Waals surface area contributed by atoms with Crippen LogP contribution in [-0.4, -0.2) is 11.7 Å². The molecule has 1 unspecified atom stereocenters. The summed E-state index contributed by atoms with van der Waals surface area (Å²) in [6.45, 7) is 0.342. The molecule has 0 aromatic heterocycles. The Bertz CT molecular complexity index is 406. The molecule has 0 spiro atoms. The number of aliphatic hydroxyl groups is 1. The van der Waals surface area contributed by atoms with E-state index in [1.165, 1.54) is 62.5 Å². The minimum absolute atomic E-state index is 0.0786. The zero-order chi connectivity index (χ0) is 12.4. The molecule has 0 bridgehead atoms. The third-order valence-electron chi connectivity index (χ3n) is 5.29. The highest BCUT2D eigenvalue weighted by Crippen LogP contribution is 2.47. The Morgan fingerprint density at radius 1 is 1.06 bits per heavy atom. The number of hydrogen-bond acceptors (Lipinski definition) is 1. The second-order valence-electron chi connectivity index (χ2n) is 6.16. The second kappa shape index (κ2) is 5.05. The summed E-state index contributed by atoms with van der Waals surface area (Å²) < 4.78 is 0. The van der Waals surface area contributed by atoms with Crippen LogP contribution in [0.15, 0.2) is 24.3 Å². The van der Waals surface area contributed by atoms with Crippen molar-refractivity contribution < 1.29 is 5.11 Å². The molecule has 1 nitrogen and oxygen atoms in total. The lowest BCUT2D eigenvalue weighted by atomic mass is 9.60. The summed E-state index contributed by atoms with van der Waals surface area (Å²) in [5, 5.41) is 10.1. The van der Waals surface area contributed by atoms with Gasteiger partial charge in [-0.2, -0.15) is 0 Å². The third-order valence-corrected chi connectivity index (χ3v) is 5.29. The maximum Gasteiger partial charge on any atom is 0.0530 e. The number of rotatable bonds is 2. The van der Waals surface area contributed by atoms with Crippen LogP contribution in [0, 0.1) is 5.92 Å². The minimum Gasteiger partial charge on any atom is -0.395 e. The Morgan fingerprint density at radius 2 is 1.83 bits per heavy atom. The highest BCUT2D eigenvalue weighted by Gasteiger charge is 2.42. The van der Waals surface area contributed by atoms with Gasteiger partial charge >= 0.3 is 0 Å². The first-order chi connectivity index (χ1) is 8.87. The number of aliphatic hydroxyl groups excluding tert-OH is 1. The number of aryl methyl sites for hydroxylation is 1. The van der Waals surface area contributed by atoms with Crippen molar-refractivity contribution in [2.75, 3.05) is 6.61 Å². The molecule has 1 heteroatoms. The molecule has 0 heterocycles. The van der Waals surface area contributed by atoms with Crippen LogP contribution >= 0.6 is 0 Å². The highest BCUT2D eigenvalue weighted by molar-refractivity contribution is 5.37. The Kier molecular flexibility index (Phi) is 3.43. The van der Waals surface area contributed by atoms with Crippen LogP contribution < -0.4 is 0 Å². The van der Waals surface area contributed by atoms with Crippen molar-refractivity contribution in [2.24, 2.45) is 5.92 Å². The van der Waals surface area contributed by atoms with Crippen LogP contribution in [0.4, 0.5) is 0 Å². The topological polar surface area (TPSA) is 20.2 Å². The Labute approximate surface area is 110 Å². The van der Waals surface area contributed by atoms with Gasteiger partial charge in [0.05, 0.1) is 6.61 Å². The van der Waals surface area contributed by atoms with Crippen molar-refractivity contribution in [1.29, 1.82) is 0 Å². The van der Waals surface area contributed by atoms with Gasteiger partial charge in [0.1, 0.15) is 0 Å². The molecule has 98 valence electrons. The van der Waals surface area contributed by atoms with Crippen molar-refractivity contribution >= 4 is 0 Å². The molecular weight excluding hydrogens is 220 g/mol. The Morgan fingerprint density at radius 3 is 2.61 bits per heavy atom. The Hall–Kier alpha value is -0.820. The van der Waals surface area contributed by atoms with Gasteiger partial charge in [-0.25, -0.2) is 0 Å². The van der Waals surface area contributed by atoms with Gasteiger partial charge < -0.3 is 5.11 Å². The standard InChI is InChI=1S/C17H24O/c18-13-17(15-9-2-1-3-10-15)12-6-8-14-7-4-5-11-16(14)17/h4-5,7,11,15,18H,1-3,6,8-10,12-13H2. The molecule has 1 atom stereocenters. The first-order valence-corrected chi connectivity index (χ1v) is 7.56. The molecule has 1 aromatic carbocycles. The van der Waals surface area contributed by atoms with Crippen LogP contribution in [0.5, 0.6) is 0 Å². The van der Waals surface area contributed by atoms with Crippen LogP contribution in [-0.2, 0) is 11.8 Å². The normalized spacial score (nSPS) is 28.9. The van der Waals surface area contributed by atoms with E-state index in [-0.39, 0.29) is 5.41 Å². The third kappa shape index (κ3) is 1.89. The number of fused-ring (bicyclic) bond motifs is 1. The zero-order valence-corrected chi connectivity index (χ0v) is 11.2. The first kappa shape index (κ1) is 12.2. The van der Waals surface area contributed by atoms with Crippen molar-refractivity contribution in [2.45, 2.75) is 56.8 Å². The summed E-state index contributed by atoms with van der Waals surface area (Å²) in [4.78, 5) is 0. The van der Waals surface area contributed by atoms with E-state index in [1.54, 1.807) is 0 Å². The monoisotopic (exact) mass is 244 g/mol. The van der Waals surface area contributed by atoms with Crippen molar-refractivity contribution in [3.05, 3.63) is 35.4 Å². The summed E-state index contributed by atoms with van der Waals surface area (Å²) >= 11 is 0. The van der Waals surface area contributed by atoms with E-state index in [1.807, 2.05) is 0 Å². The fourth-order valence-corrected chi connectivity index (χ4v) is 4.33. The van der Waals surface area contributed by atoms with E-state index in [2.05, 4.69) is 24.3 Å². The predicted octanol–water partition coefficient (Wildman–Crippen LogP) is 3.83. The molecule has 1 N–H and O–H groups in total. The van der Waals surface area contributed by atoms with Gasteiger partial charge in [0.25, 0.3) is 0 Å². The quantitative estimate of drug-likeness (QED) is 0.838. The van der Waals surface area contributed by atoms with E-state index in [0.717, 1.165) is 0 Å². The smallest absolute Gasteiger partial charge is 0.0530 e. The van der Waals surface area contributed by atoms with Gasteiger partial charge in [0.2, 0.25) is 0 Å². The van der Waals surface area contributed by atoms with Gasteiger partial charge in [-0.3, -0.25) is 0 Å². The van der Waals surface area contributed by atoms with E-state index in [4.69, 9.17) is 0 Å². The fourth-order valence-electron chi connectivity index (χ4n) is 4.33. The van der Waals surface area contributed by atoms with E-state index in [9.17, 15) is 5.11 Å². The average Bonchev–Trinajstić information content (AvgIpc) is 2.47. The summed E-state index contributed by atoms with van der Waals surface area (Å²) in [7, 11) is 0. The molecule has 0 aliphatic heterocycles. The van der Waals surface area contributed by atoms with Crippen molar-refractivity contribution in [3.63, 3.8) is 0 Å². The lowest BCUT2D eigenvalue weighted by molar-refractivity contribution is 0.0928. The first-order valence-electron chi connectivity index (χ1n) is 7.56. The number of hydrogen-bond donors (Lipinski definition) is 1. The molecule has 3 rings (SSSR count). The lowest BCUT2D eigenvalue weighted by Gasteiger charge is -2.45. The van der Waals surface area contributed by atoms with Gasteiger partial charge in [0.15, 0.2) is 0 Å². The molecular formula is C17H24O. The SMILES string of the molecule is OCC1(C2CCCCC2)CCCc2ccccc21. The molecule has 18 heavy (non-hydrogen) atoms. The molecule has 2 aliphatic rings. The molecule has 0 radical (unpaired) electrons. The van der Waals surface area contributed by atoms with Crippen LogP contribution in [0.1, 0.15) is 56.1 Å². The van der Waals surface area contributed by atoms with Crippen LogP contribution in [0.2, 0.25) is 0 Å². The Balaban J connectivity index is 2.01. The largest absolute Gasteiger partial charge is 0.395 e. The van der Waals surface area contributed by atoms with E-state index >= 15 is 0 Å². The van der Waals surface area contributed by atoms with Gasteiger partial charge in [0, 0.05) is 5.41 Å². The summed E-state index contributed by atoms with van der Waals surface area (Å²) in [6, 6.07) is 8.84. The number of benzene rings is 1. The second-order valence-corrected chi connectivity index (χ2v) is 6.16. The van der Waals surface area contributed by atoms with Crippen LogP contribution in [0.3, 0.4) is 0 Å². The van der Waals surface area contributed by atoms with E-state index < -0.39 is 0 Å². The maximum absolute atomic E-state index is 10.1. The lowest BCUT2D eigenvalue weighted by Crippen LogP contribution is -2.42. The van der Waals surface area contributed by atoms with Gasteiger partial charge in [-0.1, -0.05) is 43.5 Å². The highest BCUT2D eigenvalue weighted by atomic mass is 16.3. The minimum atomic E-state index is 0.0786. The van der Waals surface area contributed by atoms with Gasteiger partial charge in [-0.05, 0) is 49.1 Å². The fraction of sp³-hybridized carbons (Fsp3) is 0.647. The predicted molar refractivity (Wildman–Crippen MR) is 74.7 cm³/mol. The molecule has 0 saturated heterocycles. The van der Waals surface area contributed by atoms with Crippen molar-refractivity contribution in [1.82, 2.24) is 0 Å². The molecule has 0 amide bonds. The molecule has 1 fully saturated rings. The molecule has 2 aliphatic carbocycles. The van der Waals surface area contributed by atoms with Crippen molar-refractivity contribution in [3.8, 4) is 0 Å². The average molecular weight is 244 g/mol. The summed E-state index contributed by atoms with van der Waals surface area (Å²) in [5.74, 6) is 0.706. The van der Waals surface area contributed by atoms with Gasteiger partial charge in [-0.15, -0.1) is 0 Å². The zero-order valence-electron chi connectivity index (χ0n) is 11.2. The maximum atomic E-state index is 10.1. The summed E-state index contributed by atoms with van der Waals surface area (Å²) in [5.41, 5.74) is 3.03. The molecule has 1 saturated carbocycles. The summed E-state index contributed by atoms with van der Waals surface area (Å²) in [6.07, 6.45) is 10.4. The molecule has 1 aromatic rings.